The van der Waals surface area contributed by atoms with Crippen molar-refractivity contribution in [2.45, 2.75) is 32.5 Å². The minimum Gasteiger partial charge on any atom is -0.372 e. The molecule has 1 saturated heterocycles. The number of hydrogen-bond donors (Lipinski definition) is 1. The van der Waals surface area contributed by atoms with Gasteiger partial charge in [-0.3, -0.25) is 0 Å². The molecule has 0 saturated carbocycles. The molecule has 3 aromatic rings. The van der Waals surface area contributed by atoms with E-state index in [4.69, 9.17) is 12.2 Å². The minimum absolute atomic E-state index is 0.617. The maximum Gasteiger partial charge on any atom is 0.225 e. The average Bonchev–Trinajstić information content (AvgIpc) is 3.10. The lowest BCUT2D eigenvalue weighted by Crippen LogP contribution is -3.07. The maximum absolute atomic E-state index is 5.56. The summed E-state index contributed by atoms with van der Waals surface area (Å²) in [5.74, 6) is 0. The predicted molar refractivity (Wildman–Crippen MR) is 113 cm³/mol. The molecule has 1 fully saturated rings. The number of aromatic nitrogens is 4. The third kappa shape index (κ3) is 4.31. The molecular weight excluding hydrogens is 368 g/mol. The summed E-state index contributed by atoms with van der Waals surface area (Å²) in [7, 11) is 2.15. The van der Waals surface area contributed by atoms with Gasteiger partial charge in [0.25, 0.3) is 0 Å². The van der Waals surface area contributed by atoms with Crippen molar-refractivity contribution in [1.29, 1.82) is 0 Å². The van der Waals surface area contributed by atoms with Crippen molar-refractivity contribution in [1.82, 2.24) is 19.8 Å². The smallest absolute Gasteiger partial charge is 0.225 e. The highest BCUT2D eigenvalue weighted by atomic mass is 32.1. The first-order chi connectivity index (χ1) is 13.7. The van der Waals surface area contributed by atoms with Gasteiger partial charge < -0.3 is 9.80 Å². The summed E-state index contributed by atoms with van der Waals surface area (Å²) in [6, 6.07) is 18.9. The lowest BCUT2D eigenvalue weighted by molar-refractivity contribution is -0.917. The fourth-order valence-corrected chi connectivity index (χ4v) is 3.98. The molecule has 0 spiro atoms. The standard InChI is InChI=1S/C21H26N6S/c1-24(16-18-10-12-19(13-11-18)25-14-6-3-7-15-25)17-26-21(28)27(23-22-26)20-8-4-2-5-9-20/h2,4-5,8-13H,3,6-7,14-17H2,1H3/p+1. The number of nitrogens with zero attached hydrogens (tertiary/aromatic N) is 5. The number of quaternary nitrogens is 1. The lowest BCUT2D eigenvalue weighted by atomic mass is 10.1. The van der Waals surface area contributed by atoms with Crippen LogP contribution in [0.3, 0.4) is 0 Å². The predicted octanol–water partition coefficient (Wildman–Crippen LogP) is 2.46. The quantitative estimate of drug-likeness (QED) is 0.651. The Hall–Kier alpha value is -2.51. The second-order valence-corrected chi connectivity index (χ2v) is 7.88. The van der Waals surface area contributed by atoms with Crippen LogP contribution in [0.15, 0.2) is 54.6 Å². The van der Waals surface area contributed by atoms with E-state index < -0.39 is 0 Å². The van der Waals surface area contributed by atoms with Crippen LogP contribution in [-0.4, -0.2) is 39.9 Å². The molecule has 146 valence electrons. The van der Waals surface area contributed by atoms with Gasteiger partial charge in [-0.1, -0.05) is 30.3 Å². The number of rotatable bonds is 6. The van der Waals surface area contributed by atoms with Gasteiger partial charge in [-0.2, -0.15) is 9.36 Å². The molecule has 1 N–H and O–H groups in total. The zero-order valence-electron chi connectivity index (χ0n) is 16.3. The van der Waals surface area contributed by atoms with E-state index in [1.165, 1.54) is 48.5 Å². The summed E-state index contributed by atoms with van der Waals surface area (Å²) in [4.78, 5) is 3.80. The molecule has 1 aliphatic rings. The van der Waals surface area contributed by atoms with Crippen LogP contribution >= 0.6 is 12.2 Å². The van der Waals surface area contributed by atoms with Crippen LogP contribution in [-0.2, 0) is 13.2 Å². The van der Waals surface area contributed by atoms with Gasteiger partial charge >= 0.3 is 0 Å². The molecule has 28 heavy (non-hydrogen) atoms. The lowest BCUT2D eigenvalue weighted by Gasteiger charge is -2.28. The van der Waals surface area contributed by atoms with Gasteiger partial charge in [0.15, 0.2) is 6.67 Å². The van der Waals surface area contributed by atoms with Crippen molar-refractivity contribution >= 4 is 17.9 Å². The molecule has 2 heterocycles. The summed E-state index contributed by atoms with van der Waals surface area (Å²) in [6.07, 6.45) is 3.97. The van der Waals surface area contributed by atoms with E-state index in [9.17, 15) is 0 Å². The van der Waals surface area contributed by atoms with Gasteiger partial charge in [0, 0.05) is 24.3 Å². The SMILES string of the molecule is C[NH+](Cc1ccc(N2CCCCC2)cc1)Cn1nnn(-c2ccccc2)c1=S. The Morgan fingerprint density at radius 3 is 2.32 bits per heavy atom. The Kier molecular flexibility index (Phi) is 5.83. The summed E-state index contributed by atoms with van der Waals surface area (Å²) in [6.45, 7) is 3.96. The summed E-state index contributed by atoms with van der Waals surface area (Å²) in [5, 5.41) is 8.46. The molecule has 1 atom stereocenters. The summed E-state index contributed by atoms with van der Waals surface area (Å²) < 4.78 is 4.11. The van der Waals surface area contributed by atoms with Gasteiger partial charge in [-0.15, -0.1) is 0 Å². The van der Waals surface area contributed by atoms with Crippen molar-refractivity contribution in [2.24, 2.45) is 0 Å². The second-order valence-electron chi connectivity index (χ2n) is 7.51. The zero-order valence-corrected chi connectivity index (χ0v) is 17.1. The van der Waals surface area contributed by atoms with Crippen LogP contribution < -0.4 is 9.80 Å². The maximum atomic E-state index is 5.56. The van der Waals surface area contributed by atoms with Crippen molar-refractivity contribution in [2.75, 3.05) is 25.0 Å². The first kappa shape index (κ1) is 18.8. The van der Waals surface area contributed by atoms with Crippen molar-refractivity contribution in [3.8, 4) is 5.69 Å². The number of tetrazole rings is 1. The van der Waals surface area contributed by atoms with Crippen LogP contribution in [0.2, 0.25) is 0 Å². The number of benzene rings is 2. The van der Waals surface area contributed by atoms with E-state index in [0.717, 1.165) is 12.2 Å². The van der Waals surface area contributed by atoms with Crippen LogP contribution in [0.25, 0.3) is 5.69 Å². The van der Waals surface area contributed by atoms with Crippen LogP contribution in [0.4, 0.5) is 5.69 Å². The Bertz CT molecular complexity index is 941. The molecule has 0 aliphatic carbocycles. The summed E-state index contributed by atoms with van der Waals surface area (Å²) in [5.41, 5.74) is 3.60. The van der Waals surface area contributed by atoms with Crippen LogP contribution in [0.1, 0.15) is 24.8 Å². The molecule has 1 aliphatic heterocycles. The Morgan fingerprint density at radius 2 is 1.61 bits per heavy atom. The van der Waals surface area contributed by atoms with Gasteiger partial charge in [0.05, 0.1) is 12.7 Å². The third-order valence-corrected chi connectivity index (χ3v) is 5.61. The normalized spacial score (nSPS) is 15.5. The van der Waals surface area contributed by atoms with E-state index in [-0.39, 0.29) is 0 Å². The van der Waals surface area contributed by atoms with Crippen molar-refractivity contribution in [3.05, 3.63) is 64.9 Å². The highest BCUT2D eigenvalue weighted by molar-refractivity contribution is 7.71. The molecule has 6 nitrogen and oxygen atoms in total. The number of hydrogen-bond acceptors (Lipinski definition) is 4. The fraction of sp³-hybridized carbons (Fsp3) is 0.381. The second kappa shape index (κ2) is 8.67. The van der Waals surface area contributed by atoms with E-state index >= 15 is 0 Å². The van der Waals surface area contributed by atoms with E-state index in [1.54, 1.807) is 9.36 Å². The van der Waals surface area contributed by atoms with Crippen molar-refractivity contribution < 1.29 is 4.90 Å². The number of para-hydroxylation sites is 1. The molecule has 4 rings (SSSR count). The molecule has 7 heteroatoms. The van der Waals surface area contributed by atoms with Crippen LogP contribution in [0.5, 0.6) is 0 Å². The number of anilines is 1. The fourth-order valence-electron chi connectivity index (χ4n) is 3.74. The topological polar surface area (TPSA) is 43.3 Å². The van der Waals surface area contributed by atoms with Gasteiger partial charge in [0.1, 0.15) is 6.54 Å². The molecule has 0 amide bonds. The Morgan fingerprint density at radius 1 is 0.893 bits per heavy atom. The number of nitrogens with one attached hydrogen (secondary N) is 1. The number of piperidine rings is 1. The molecule has 1 unspecified atom stereocenters. The minimum atomic E-state index is 0.617. The molecular formula is C21H27N6S+. The highest BCUT2D eigenvalue weighted by Crippen LogP contribution is 2.19. The summed E-state index contributed by atoms with van der Waals surface area (Å²) >= 11 is 5.56. The van der Waals surface area contributed by atoms with E-state index in [2.05, 4.69) is 46.6 Å². The monoisotopic (exact) mass is 395 g/mol. The van der Waals surface area contributed by atoms with Crippen LogP contribution in [0, 0.1) is 4.77 Å². The van der Waals surface area contributed by atoms with E-state index in [0.29, 0.717) is 11.4 Å². The Balaban J connectivity index is 1.39. The largest absolute Gasteiger partial charge is 0.372 e. The van der Waals surface area contributed by atoms with E-state index in [1.807, 2.05) is 30.3 Å². The van der Waals surface area contributed by atoms with Gasteiger partial charge in [-0.05, 0) is 66.2 Å². The first-order valence-electron chi connectivity index (χ1n) is 9.94. The molecule has 1 aromatic heterocycles. The Labute approximate surface area is 171 Å². The first-order valence-corrected chi connectivity index (χ1v) is 10.3. The zero-order chi connectivity index (χ0) is 19.3. The highest BCUT2D eigenvalue weighted by Gasteiger charge is 2.13. The van der Waals surface area contributed by atoms with Gasteiger partial charge in [-0.25, -0.2) is 0 Å². The molecule has 0 bridgehead atoms. The van der Waals surface area contributed by atoms with Crippen molar-refractivity contribution in [3.63, 3.8) is 0 Å². The van der Waals surface area contributed by atoms with Gasteiger partial charge in [0.2, 0.25) is 4.77 Å². The third-order valence-electron chi connectivity index (χ3n) is 5.22. The molecule has 2 aromatic carbocycles. The molecule has 0 radical (unpaired) electrons. The average molecular weight is 396 g/mol.